The lowest BCUT2D eigenvalue weighted by Crippen LogP contribution is -2.04. The molecule has 0 atom stereocenters. The first-order valence-corrected chi connectivity index (χ1v) is 7.34. The van der Waals surface area contributed by atoms with Crippen molar-refractivity contribution in [3.8, 4) is 17.2 Å². The Labute approximate surface area is 144 Å². The quantitative estimate of drug-likeness (QED) is 0.601. The highest BCUT2D eigenvalue weighted by Crippen LogP contribution is 2.38. The fourth-order valence-electron chi connectivity index (χ4n) is 2.24. The van der Waals surface area contributed by atoms with Crippen molar-refractivity contribution in [3.63, 3.8) is 0 Å². The van der Waals surface area contributed by atoms with Crippen LogP contribution in [0.25, 0.3) is 0 Å². The van der Waals surface area contributed by atoms with Gasteiger partial charge in [-0.3, -0.25) is 10.1 Å². The van der Waals surface area contributed by atoms with Gasteiger partial charge in [0.25, 0.3) is 5.69 Å². The Morgan fingerprint density at radius 3 is 2.21 bits per heavy atom. The number of benzene rings is 2. The van der Waals surface area contributed by atoms with E-state index in [1.54, 1.807) is 24.3 Å². The van der Waals surface area contributed by atoms with Crippen LogP contribution in [-0.2, 0) is 6.54 Å². The van der Waals surface area contributed by atoms with E-state index >= 15 is 0 Å². The lowest BCUT2D eigenvalue weighted by Gasteiger charge is -2.15. The van der Waals surface area contributed by atoms with Crippen molar-refractivity contribution >= 4 is 23.0 Å². The monoisotopic (exact) mass is 352 g/mol. The second kappa shape index (κ2) is 7.74. The molecular weight excluding hydrogens is 336 g/mol. The summed E-state index contributed by atoms with van der Waals surface area (Å²) in [6, 6.07) is 8.01. The van der Waals surface area contributed by atoms with E-state index in [0.29, 0.717) is 34.5 Å². The highest BCUT2D eigenvalue weighted by molar-refractivity contribution is 6.30. The van der Waals surface area contributed by atoms with Gasteiger partial charge in [0.1, 0.15) is 5.69 Å². The van der Waals surface area contributed by atoms with Crippen LogP contribution in [-0.4, -0.2) is 26.3 Å². The SMILES string of the molecule is COc1cc(CNc2ccc(Cl)cc2[N+](=O)[O-])cc(OC)c1OC. The van der Waals surface area contributed by atoms with Crippen molar-refractivity contribution in [1.29, 1.82) is 0 Å². The molecule has 0 aliphatic carbocycles. The van der Waals surface area contributed by atoms with E-state index < -0.39 is 4.92 Å². The molecule has 128 valence electrons. The van der Waals surface area contributed by atoms with Crippen LogP contribution in [0, 0.1) is 10.1 Å². The van der Waals surface area contributed by atoms with Crippen molar-refractivity contribution in [1.82, 2.24) is 0 Å². The number of hydrogen-bond acceptors (Lipinski definition) is 6. The van der Waals surface area contributed by atoms with Crippen LogP contribution in [0.1, 0.15) is 5.56 Å². The number of rotatable bonds is 7. The molecule has 0 aliphatic heterocycles. The number of nitrogens with zero attached hydrogens (tertiary/aromatic N) is 1. The van der Waals surface area contributed by atoms with Crippen LogP contribution in [0.3, 0.4) is 0 Å². The third-order valence-electron chi connectivity index (χ3n) is 3.36. The van der Waals surface area contributed by atoms with Crippen LogP contribution < -0.4 is 19.5 Å². The van der Waals surface area contributed by atoms with Gasteiger partial charge in [-0.15, -0.1) is 0 Å². The number of nitro benzene ring substituents is 1. The Balaban J connectivity index is 2.28. The molecule has 0 unspecified atom stereocenters. The average molecular weight is 353 g/mol. The lowest BCUT2D eigenvalue weighted by molar-refractivity contribution is -0.383. The van der Waals surface area contributed by atoms with Gasteiger partial charge in [-0.1, -0.05) is 11.6 Å². The largest absolute Gasteiger partial charge is 0.493 e. The number of anilines is 1. The molecule has 0 amide bonds. The van der Waals surface area contributed by atoms with Crippen molar-refractivity contribution in [2.75, 3.05) is 26.6 Å². The maximum atomic E-state index is 11.1. The molecule has 2 aromatic carbocycles. The number of hydrogen-bond donors (Lipinski definition) is 1. The maximum Gasteiger partial charge on any atom is 0.293 e. The number of methoxy groups -OCH3 is 3. The van der Waals surface area contributed by atoms with E-state index in [4.69, 9.17) is 25.8 Å². The first-order chi connectivity index (χ1) is 11.5. The standard InChI is InChI=1S/C16H17ClN2O5/c1-22-14-6-10(7-15(23-2)16(14)24-3)9-18-12-5-4-11(17)8-13(12)19(20)21/h4-8,18H,9H2,1-3H3. The number of nitrogens with one attached hydrogen (secondary N) is 1. The number of nitro groups is 1. The van der Waals surface area contributed by atoms with Gasteiger partial charge in [-0.05, 0) is 29.8 Å². The van der Waals surface area contributed by atoms with Gasteiger partial charge in [0.15, 0.2) is 11.5 Å². The fraction of sp³-hybridized carbons (Fsp3) is 0.250. The molecule has 1 N–H and O–H groups in total. The normalized spacial score (nSPS) is 10.2. The Kier molecular flexibility index (Phi) is 5.70. The van der Waals surface area contributed by atoms with Crippen molar-refractivity contribution in [2.45, 2.75) is 6.54 Å². The second-order valence-electron chi connectivity index (χ2n) is 4.81. The summed E-state index contributed by atoms with van der Waals surface area (Å²) in [6.45, 7) is 0.333. The van der Waals surface area contributed by atoms with E-state index in [2.05, 4.69) is 5.32 Å². The minimum absolute atomic E-state index is 0.0880. The summed E-state index contributed by atoms with van der Waals surface area (Å²) in [4.78, 5) is 10.6. The van der Waals surface area contributed by atoms with Gasteiger partial charge in [-0.25, -0.2) is 0 Å². The van der Waals surface area contributed by atoms with E-state index in [0.717, 1.165) is 5.56 Å². The topological polar surface area (TPSA) is 82.9 Å². The summed E-state index contributed by atoms with van der Waals surface area (Å²) in [5.41, 5.74) is 1.10. The molecule has 0 heterocycles. The summed E-state index contributed by atoms with van der Waals surface area (Å²) in [6.07, 6.45) is 0. The van der Waals surface area contributed by atoms with E-state index in [-0.39, 0.29) is 5.69 Å². The summed E-state index contributed by atoms with van der Waals surface area (Å²) >= 11 is 5.81. The van der Waals surface area contributed by atoms with Crippen LogP contribution in [0.2, 0.25) is 5.02 Å². The average Bonchev–Trinajstić information content (AvgIpc) is 2.59. The lowest BCUT2D eigenvalue weighted by atomic mass is 10.1. The molecule has 0 bridgehead atoms. The van der Waals surface area contributed by atoms with Gasteiger partial charge in [0.05, 0.1) is 26.3 Å². The molecular formula is C16H17ClN2O5. The first-order valence-electron chi connectivity index (χ1n) is 6.96. The molecule has 0 saturated heterocycles. The molecule has 0 saturated carbocycles. The zero-order valence-electron chi connectivity index (χ0n) is 13.5. The van der Waals surface area contributed by atoms with Crippen LogP contribution in [0.5, 0.6) is 17.2 Å². The fourth-order valence-corrected chi connectivity index (χ4v) is 2.41. The molecule has 0 radical (unpaired) electrons. The molecule has 0 aromatic heterocycles. The molecule has 8 heteroatoms. The van der Waals surface area contributed by atoms with E-state index in [1.807, 2.05) is 0 Å². The third kappa shape index (κ3) is 3.80. The van der Waals surface area contributed by atoms with E-state index in [1.165, 1.54) is 27.4 Å². The molecule has 0 fully saturated rings. The molecule has 2 rings (SSSR count). The number of ether oxygens (including phenoxy) is 3. The third-order valence-corrected chi connectivity index (χ3v) is 3.60. The predicted octanol–water partition coefficient (Wildman–Crippen LogP) is 3.89. The zero-order chi connectivity index (χ0) is 17.7. The minimum Gasteiger partial charge on any atom is -0.493 e. The smallest absolute Gasteiger partial charge is 0.293 e. The van der Waals surface area contributed by atoms with Crippen molar-refractivity contribution < 1.29 is 19.1 Å². The summed E-state index contributed by atoms with van der Waals surface area (Å²) < 4.78 is 15.8. The highest BCUT2D eigenvalue weighted by Gasteiger charge is 2.16. The Morgan fingerprint density at radius 1 is 1.08 bits per heavy atom. The molecule has 0 spiro atoms. The summed E-state index contributed by atoms with van der Waals surface area (Å²) in [7, 11) is 4.58. The Hall–Kier alpha value is -2.67. The molecule has 0 aliphatic rings. The van der Waals surface area contributed by atoms with Crippen molar-refractivity contribution in [2.24, 2.45) is 0 Å². The van der Waals surface area contributed by atoms with Crippen LogP contribution in [0.15, 0.2) is 30.3 Å². The van der Waals surface area contributed by atoms with Gasteiger partial charge < -0.3 is 19.5 Å². The minimum atomic E-state index is -0.483. The number of halogens is 1. The second-order valence-corrected chi connectivity index (χ2v) is 5.24. The highest BCUT2D eigenvalue weighted by atomic mass is 35.5. The first kappa shape index (κ1) is 17.7. The molecule has 2 aromatic rings. The molecule has 24 heavy (non-hydrogen) atoms. The van der Waals surface area contributed by atoms with Gasteiger partial charge in [0.2, 0.25) is 5.75 Å². The van der Waals surface area contributed by atoms with Crippen molar-refractivity contribution in [3.05, 3.63) is 51.0 Å². The zero-order valence-corrected chi connectivity index (χ0v) is 14.2. The van der Waals surface area contributed by atoms with Crippen LogP contribution >= 0.6 is 11.6 Å². The predicted molar refractivity (Wildman–Crippen MR) is 91.5 cm³/mol. The Morgan fingerprint density at radius 2 is 1.71 bits per heavy atom. The Bertz CT molecular complexity index is 726. The van der Waals surface area contributed by atoms with Gasteiger partial charge >= 0.3 is 0 Å². The van der Waals surface area contributed by atoms with Gasteiger partial charge in [-0.2, -0.15) is 0 Å². The van der Waals surface area contributed by atoms with E-state index in [9.17, 15) is 10.1 Å². The summed E-state index contributed by atoms with van der Waals surface area (Å²) in [5.74, 6) is 1.51. The van der Waals surface area contributed by atoms with Gasteiger partial charge in [0, 0.05) is 17.6 Å². The molecule has 7 nitrogen and oxygen atoms in total. The summed E-state index contributed by atoms with van der Waals surface area (Å²) in [5, 5.41) is 14.5. The van der Waals surface area contributed by atoms with Crippen LogP contribution in [0.4, 0.5) is 11.4 Å². The maximum absolute atomic E-state index is 11.1.